The van der Waals surface area contributed by atoms with Crippen molar-refractivity contribution < 1.29 is 111 Å². The maximum Gasteiger partial charge on any atom is 0.397 e. The summed E-state index contributed by atoms with van der Waals surface area (Å²) in [5, 5.41) is 118. The molecule has 0 spiro atoms. The monoisotopic (exact) mass is 771 g/mol. The summed E-state index contributed by atoms with van der Waals surface area (Å²) < 4.78 is 75.5. The number of carbonyl (C=O) groups is 1. The Kier molecular flexibility index (Phi) is 14.4. The van der Waals surface area contributed by atoms with Crippen LogP contribution in [0.5, 0.6) is 0 Å². The fraction of sp³-hybridized carbons (Fsp3) is 0.962. The predicted octanol–water partition coefficient (Wildman–Crippen LogP) is -8.75. The van der Waals surface area contributed by atoms with E-state index in [1.807, 2.05) is 0 Å². The van der Waals surface area contributed by atoms with Crippen LogP contribution in [0.25, 0.3) is 0 Å². The van der Waals surface area contributed by atoms with Crippen LogP contribution in [0.4, 0.5) is 0 Å². The van der Waals surface area contributed by atoms with E-state index in [0.29, 0.717) is 0 Å². The Morgan fingerprint density at radius 2 is 1.12 bits per heavy atom. The maximum atomic E-state index is 12.0. The molecule has 1 unspecified atom stereocenters. The van der Waals surface area contributed by atoms with E-state index in [1.165, 1.54) is 6.92 Å². The topological polar surface area (TPSA) is 380 Å². The van der Waals surface area contributed by atoms with Gasteiger partial charge in [0, 0.05) is 6.92 Å². The highest BCUT2D eigenvalue weighted by Crippen LogP contribution is 2.35. The molecule has 0 radical (unpaired) electrons. The molecule has 0 aromatic heterocycles. The van der Waals surface area contributed by atoms with Gasteiger partial charge in [0.2, 0.25) is 5.91 Å². The SMILES string of the molecule is CC(=O)N[C@H]1C(O)O[C@H](CO)[C@H](O)[C@@H]1O[C@@H]1O[C@H](CO)[C@H](O[C@@H]2O[C@H](CO)[C@H](O)[C@H](OS(=O)(=O)O)[C@H]2O)[C@H](O)[C@H]1O[C@@H]1O[C@@H](C)[C@@H](O)[C@@H](O)[C@@H]1O. The summed E-state index contributed by atoms with van der Waals surface area (Å²) in [7, 11) is -5.32. The minimum atomic E-state index is -5.32. The zero-order valence-corrected chi connectivity index (χ0v) is 27.8. The number of rotatable bonds is 12. The molecule has 51 heavy (non-hydrogen) atoms. The summed E-state index contributed by atoms with van der Waals surface area (Å²) >= 11 is 0. The molecule has 13 N–H and O–H groups in total. The summed E-state index contributed by atoms with van der Waals surface area (Å²) in [5.74, 6) is -0.737. The fourth-order valence-corrected chi connectivity index (χ4v) is 6.62. The van der Waals surface area contributed by atoms with E-state index in [-0.39, 0.29) is 0 Å². The van der Waals surface area contributed by atoms with Crippen LogP contribution in [0.1, 0.15) is 13.8 Å². The van der Waals surface area contributed by atoms with E-state index in [9.17, 15) is 73.9 Å². The van der Waals surface area contributed by atoms with Gasteiger partial charge < -0.3 is 94.6 Å². The second kappa shape index (κ2) is 17.4. The third-order valence-electron chi connectivity index (χ3n) is 8.78. The van der Waals surface area contributed by atoms with Crippen molar-refractivity contribution in [3.63, 3.8) is 0 Å². The van der Waals surface area contributed by atoms with Gasteiger partial charge in [-0.25, -0.2) is 4.18 Å². The van der Waals surface area contributed by atoms with Crippen molar-refractivity contribution in [2.45, 2.75) is 137 Å². The highest BCUT2D eigenvalue weighted by molar-refractivity contribution is 7.80. The average Bonchev–Trinajstić information content (AvgIpc) is 3.06. The van der Waals surface area contributed by atoms with Crippen molar-refractivity contribution in [3.8, 4) is 0 Å². The number of nitrogens with one attached hydrogen (secondary N) is 1. The van der Waals surface area contributed by atoms with Crippen LogP contribution in [-0.2, 0) is 52.5 Å². The molecule has 0 aromatic carbocycles. The third kappa shape index (κ3) is 9.47. The summed E-state index contributed by atoms with van der Waals surface area (Å²) in [5.41, 5.74) is 0. The van der Waals surface area contributed by atoms with Crippen LogP contribution in [0, 0.1) is 0 Å². The molecule has 4 rings (SSSR count). The molecular formula is C26H45NO23S. The molecule has 24 nitrogen and oxygen atoms in total. The van der Waals surface area contributed by atoms with Crippen LogP contribution in [0.3, 0.4) is 0 Å². The second-order valence-electron chi connectivity index (χ2n) is 12.4. The first-order valence-electron chi connectivity index (χ1n) is 15.6. The van der Waals surface area contributed by atoms with Gasteiger partial charge in [-0.2, -0.15) is 8.42 Å². The molecular weight excluding hydrogens is 726 g/mol. The Morgan fingerprint density at radius 3 is 1.69 bits per heavy atom. The van der Waals surface area contributed by atoms with Crippen molar-refractivity contribution in [3.05, 3.63) is 0 Å². The Bertz CT molecular complexity index is 1250. The first-order chi connectivity index (χ1) is 23.8. The van der Waals surface area contributed by atoms with Crippen molar-refractivity contribution >= 4 is 16.3 Å². The van der Waals surface area contributed by atoms with Crippen LogP contribution in [0.15, 0.2) is 0 Å². The predicted molar refractivity (Wildman–Crippen MR) is 154 cm³/mol. The average molecular weight is 772 g/mol. The molecule has 0 aromatic rings. The number of hydrogen-bond donors (Lipinski definition) is 13. The Morgan fingerprint density at radius 1 is 0.608 bits per heavy atom. The van der Waals surface area contributed by atoms with Gasteiger partial charge in [0.1, 0.15) is 91.5 Å². The normalized spacial score (nSPS) is 48.3. The molecule has 1 amide bonds. The highest BCUT2D eigenvalue weighted by atomic mass is 32.3. The standard InChI is InChI=1S/C26H45NO23S/c1-6-12(32)15(35)16(36)24(43-6)49-22-17(37)19(47-25-18(38)21(50-51(40,41)42)14(34)9(4-29)45-25)10(5-30)46-26(22)48-20-11(27-7(2)31)23(39)44-8(3-28)13(20)33/h6,8-26,28-30,32-39H,3-5H2,1-2H3,(H,27,31)(H,40,41,42)/t6-,8+,9+,10+,11+,12+,13-,14-,15+,16-,17-,18+,19-,20+,21-,22+,23?,24-,25-,26-/m0/s1. The van der Waals surface area contributed by atoms with E-state index >= 15 is 0 Å². The number of amides is 1. The Hall–Kier alpha value is -1.38. The van der Waals surface area contributed by atoms with Crippen molar-refractivity contribution in [1.82, 2.24) is 5.32 Å². The van der Waals surface area contributed by atoms with Gasteiger partial charge in [-0.3, -0.25) is 9.35 Å². The summed E-state index contributed by atoms with van der Waals surface area (Å²) in [6.07, 6.45) is -35.6. The quantitative estimate of drug-likeness (QED) is 0.0819. The number of aliphatic hydroxyl groups is 11. The third-order valence-corrected chi connectivity index (χ3v) is 9.24. The van der Waals surface area contributed by atoms with Crippen molar-refractivity contribution in [1.29, 1.82) is 0 Å². The van der Waals surface area contributed by atoms with Gasteiger partial charge >= 0.3 is 10.4 Å². The van der Waals surface area contributed by atoms with Gasteiger partial charge in [0.05, 0.1) is 25.9 Å². The molecule has 0 aliphatic carbocycles. The first-order valence-corrected chi connectivity index (χ1v) is 17.0. The lowest BCUT2D eigenvalue weighted by atomic mass is 9.94. The van der Waals surface area contributed by atoms with Gasteiger partial charge in [0.15, 0.2) is 25.2 Å². The maximum absolute atomic E-state index is 12.0. The number of aliphatic hydroxyl groups excluding tert-OH is 11. The molecule has 4 aliphatic heterocycles. The van der Waals surface area contributed by atoms with Crippen molar-refractivity contribution in [2.24, 2.45) is 0 Å². The molecule has 298 valence electrons. The number of ether oxygens (including phenoxy) is 7. The summed E-state index contributed by atoms with van der Waals surface area (Å²) in [6.45, 7) is -0.547. The fourth-order valence-electron chi connectivity index (χ4n) is 6.11. The molecule has 25 heteroatoms. The molecule has 0 bridgehead atoms. The van der Waals surface area contributed by atoms with Gasteiger partial charge in [-0.05, 0) is 6.92 Å². The minimum Gasteiger partial charge on any atom is -0.394 e. The van der Waals surface area contributed by atoms with Crippen LogP contribution in [-0.4, -0.2) is 218 Å². The number of hydrogen-bond acceptors (Lipinski definition) is 22. The number of carbonyl (C=O) groups excluding carboxylic acids is 1. The Labute approximate surface area is 289 Å². The lowest BCUT2D eigenvalue weighted by Crippen LogP contribution is -2.69. The van der Waals surface area contributed by atoms with Crippen LogP contribution < -0.4 is 5.32 Å². The van der Waals surface area contributed by atoms with E-state index in [1.54, 1.807) is 0 Å². The molecule has 4 saturated heterocycles. The Balaban J connectivity index is 1.69. The smallest absolute Gasteiger partial charge is 0.394 e. The van der Waals surface area contributed by atoms with E-state index in [0.717, 1.165) is 6.92 Å². The molecule has 0 saturated carbocycles. The van der Waals surface area contributed by atoms with Gasteiger partial charge in [-0.15, -0.1) is 0 Å². The second-order valence-corrected chi connectivity index (χ2v) is 13.4. The summed E-state index contributed by atoms with van der Waals surface area (Å²) in [4.78, 5) is 12.0. The largest absolute Gasteiger partial charge is 0.397 e. The molecule has 20 atom stereocenters. The molecule has 4 heterocycles. The van der Waals surface area contributed by atoms with Crippen LogP contribution in [0.2, 0.25) is 0 Å². The van der Waals surface area contributed by atoms with Gasteiger partial charge in [0.25, 0.3) is 0 Å². The van der Waals surface area contributed by atoms with Crippen LogP contribution >= 0.6 is 0 Å². The lowest BCUT2D eigenvalue weighted by molar-refractivity contribution is -0.396. The zero-order valence-electron chi connectivity index (χ0n) is 26.9. The summed E-state index contributed by atoms with van der Waals surface area (Å²) in [6, 6.07) is -1.57. The zero-order chi connectivity index (χ0) is 38.1. The van der Waals surface area contributed by atoms with Crippen molar-refractivity contribution in [2.75, 3.05) is 19.8 Å². The molecule has 4 fully saturated rings. The molecule has 4 aliphatic rings. The van der Waals surface area contributed by atoms with E-state index < -0.39 is 159 Å². The minimum absolute atomic E-state index is 0.737. The lowest BCUT2D eigenvalue weighted by Gasteiger charge is -2.50. The van der Waals surface area contributed by atoms with E-state index in [2.05, 4.69) is 9.50 Å². The first kappa shape index (κ1) is 42.4. The highest BCUT2D eigenvalue weighted by Gasteiger charge is 2.56. The van der Waals surface area contributed by atoms with Gasteiger partial charge in [-0.1, -0.05) is 0 Å². The van der Waals surface area contributed by atoms with E-state index in [4.69, 9.17) is 33.2 Å².